The maximum Gasteiger partial charge on any atom is 0.333 e. The van der Waals surface area contributed by atoms with Gasteiger partial charge >= 0.3 is 5.97 Å². The molecule has 0 aromatic heterocycles. The molecule has 0 aliphatic carbocycles. The average Bonchev–Trinajstić information content (AvgIpc) is 2.66. The van der Waals surface area contributed by atoms with Crippen LogP contribution in [0.3, 0.4) is 0 Å². The standard InChI is InChI=1S/C24H36O3/c1-3-5-6-7-8-9-10-11-12-13-14-15-16-17-18-19-20-21-22-23(24(25)26)27-4-2/h5-6,8-9,11-12,14-15,17-18,20-21,23H,3-4,7,10,13,16,19,22H2,1-2H3,(H,25,26)/b6-5-,9-8-,12-11-,15-14-,18-17-,21-20-. The van der Waals surface area contributed by atoms with Crippen LogP contribution in [-0.4, -0.2) is 23.8 Å². The van der Waals surface area contributed by atoms with E-state index in [2.05, 4.69) is 67.7 Å². The van der Waals surface area contributed by atoms with Gasteiger partial charge in [0, 0.05) is 13.0 Å². The van der Waals surface area contributed by atoms with E-state index in [4.69, 9.17) is 9.84 Å². The van der Waals surface area contributed by atoms with Gasteiger partial charge in [-0.3, -0.25) is 0 Å². The lowest BCUT2D eigenvalue weighted by molar-refractivity contribution is -0.149. The molecule has 0 spiro atoms. The zero-order chi connectivity index (χ0) is 20.0. The van der Waals surface area contributed by atoms with Gasteiger partial charge in [-0.1, -0.05) is 79.8 Å². The van der Waals surface area contributed by atoms with Crippen LogP contribution >= 0.6 is 0 Å². The van der Waals surface area contributed by atoms with E-state index in [0.29, 0.717) is 13.0 Å². The molecule has 0 saturated heterocycles. The first kappa shape index (κ1) is 24.9. The maximum absolute atomic E-state index is 10.9. The Bertz CT molecular complexity index is 522. The third kappa shape index (κ3) is 18.5. The predicted octanol–water partition coefficient (Wildman–Crippen LogP) is 6.56. The van der Waals surface area contributed by atoms with Gasteiger partial charge in [0.1, 0.15) is 0 Å². The number of aliphatic carboxylic acids is 1. The molecular weight excluding hydrogens is 336 g/mol. The van der Waals surface area contributed by atoms with Gasteiger partial charge in [0.2, 0.25) is 0 Å². The van der Waals surface area contributed by atoms with Crippen LogP contribution in [0.1, 0.15) is 58.8 Å². The minimum atomic E-state index is -0.906. The smallest absolute Gasteiger partial charge is 0.333 e. The topological polar surface area (TPSA) is 46.5 Å². The second-order valence-electron chi connectivity index (χ2n) is 5.93. The fraction of sp³-hybridized carbons (Fsp3) is 0.458. The Kier molecular flexibility index (Phi) is 18.6. The Hall–Kier alpha value is -2.13. The molecule has 0 saturated carbocycles. The first-order valence-electron chi connectivity index (χ1n) is 9.96. The summed E-state index contributed by atoms with van der Waals surface area (Å²) in [6.07, 6.45) is 31.0. The molecule has 0 bridgehead atoms. The average molecular weight is 373 g/mol. The van der Waals surface area contributed by atoms with Crippen molar-refractivity contribution >= 4 is 5.97 Å². The van der Waals surface area contributed by atoms with Crippen molar-refractivity contribution in [3.05, 3.63) is 72.9 Å². The highest BCUT2D eigenvalue weighted by Crippen LogP contribution is 2.02. The van der Waals surface area contributed by atoms with Crippen molar-refractivity contribution in [1.29, 1.82) is 0 Å². The molecule has 3 heteroatoms. The number of carboxylic acids is 1. The number of hydrogen-bond acceptors (Lipinski definition) is 2. The third-order valence-corrected chi connectivity index (χ3v) is 3.59. The van der Waals surface area contributed by atoms with Crippen molar-refractivity contribution in [3.8, 4) is 0 Å². The van der Waals surface area contributed by atoms with Crippen molar-refractivity contribution in [3.63, 3.8) is 0 Å². The third-order valence-electron chi connectivity index (χ3n) is 3.59. The molecular formula is C24H36O3. The van der Waals surface area contributed by atoms with E-state index >= 15 is 0 Å². The number of rotatable bonds is 16. The summed E-state index contributed by atoms with van der Waals surface area (Å²) in [5, 5.41) is 8.96. The van der Waals surface area contributed by atoms with Crippen LogP contribution in [0, 0.1) is 0 Å². The van der Waals surface area contributed by atoms with Crippen LogP contribution < -0.4 is 0 Å². The van der Waals surface area contributed by atoms with Crippen molar-refractivity contribution in [1.82, 2.24) is 0 Å². The highest BCUT2D eigenvalue weighted by atomic mass is 16.5. The van der Waals surface area contributed by atoms with Crippen molar-refractivity contribution < 1.29 is 14.6 Å². The first-order valence-corrected chi connectivity index (χ1v) is 9.96. The molecule has 0 aromatic carbocycles. The number of allylic oxidation sites excluding steroid dienone is 11. The molecule has 0 aliphatic heterocycles. The van der Waals surface area contributed by atoms with Crippen molar-refractivity contribution in [2.45, 2.75) is 64.9 Å². The van der Waals surface area contributed by atoms with Crippen LogP contribution in [0.25, 0.3) is 0 Å². The van der Waals surface area contributed by atoms with Gasteiger partial charge in [-0.2, -0.15) is 0 Å². The van der Waals surface area contributed by atoms with Crippen LogP contribution in [-0.2, 0) is 9.53 Å². The Morgan fingerprint density at radius 2 is 1.07 bits per heavy atom. The quantitative estimate of drug-likeness (QED) is 0.312. The lowest BCUT2D eigenvalue weighted by atomic mass is 10.2. The van der Waals surface area contributed by atoms with Gasteiger partial charge in [0.15, 0.2) is 6.10 Å². The van der Waals surface area contributed by atoms with E-state index in [1.165, 1.54) is 0 Å². The monoisotopic (exact) mass is 372 g/mol. The van der Waals surface area contributed by atoms with Gasteiger partial charge in [0.05, 0.1) is 0 Å². The van der Waals surface area contributed by atoms with Gasteiger partial charge in [0.25, 0.3) is 0 Å². The van der Waals surface area contributed by atoms with E-state index < -0.39 is 12.1 Å². The van der Waals surface area contributed by atoms with E-state index in [1.54, 1.807) is 6.92 Å². The summed E-state index contributed by atoms with van der Waals surface area (Å²) < 4.78 is 5.15. The van der Waals surface area contributed by atoms with Gasteiger partial charge in [-0.15, -0.1) is 0 Å². The van der Waals surface area contributed by atoms with Crippen LogP contribution in [0.2, 0.25) is 0 Å². The van der Waals surface area contributed by atoms with Crippen molar-refractivity contribution in [2.24, 2.45) is 0 Å². The first-order chi connectivity index (χ1) is 13.2. The Morgan fingerprint density at radius 3 is 1.41 bits per heavy atom. The summed E-state index contributed by atoms with van der Waals surface area (Å²) in [5.41, 5.74) is 0. The van der Waals surface area contributed by atoms with E-state index in [1.807, 2.05) is 12.2 Å². The normalized spacial score (nSPS) is 14.1. The lowest BCUT2D eigenvalue weighted by Gasteiger charge is -2.08. The molecule has 0 radical (unpaired) electrons. The zero-order valence-electron chi connectivity index (χ0n) is 16.9. The number of ether oxygens (including phenoxy) is 1. The Labute approximate surface area is 165 Å². The highest BCUT2D eigenvalue weighted by Gasteiger charge is 2.14. The minimum Gasteiger partial charge on any atom is -0.479 e. The highest BCUT2D eigenvalue weighted by molar-refractivity contribution is 5.72. The van der Waals surface area contributed by atoms with Crippen molar-refractivity contribution in [2.75, 3.05) is 6.61 Å². The fourth-order valence-corrected chi connectivity index (χ4v) is 2.18. The summed E-state index contributed by atoms with van der Waals surface area (Å²) in [6, 6.07) is 0. The van der Waals surface area contributed by atoms with Gasteiger partial charge < -0.3 is 9.84 Å². The molecule has 1 unspecified atom stereocenters. The lowest BCUT2D eigenvalue weighted by Crippen LogP contribution is -2.22. The summed E-state index contributed by atoms with van der Waals surface area (Å²) >= 11 is 0. The second kappa shape index (κ2) is 20.2. The molecule has 3 nitrogen and oxygen atoms in total. The molecule has 1 N–H and O–H groups in total. The minimum absolute atomic E-state index is 0.411. The molecule has 0 fully saturated rings. The molecule has 0 rings (SSSR count). The largest absolute Gasteiger partial charge is 0.479 e. The molecule has 0 aliphatic rings. The maximum atomic E-state index is 10.9. The predicted molar refractivity (Wildman–Crippen MR) is 116 cm³/mol. The molecule has 0 amide bonds. The summed E-state index contributed by atoms with van der Waals surface area (Å²) in [7, 11) is 0. The fourth-order valence-electron chi connectivity index (χ4n) is 2.18. The Balaban J connectivity index is 3.70. The van der Waals surface area contributed by atoms with E-state index in [0.717, 1.165) is 38.5 Å². The van der Waals surface area contributed by atoms with Gasteiger partial charge in [-0.25, -0.2) is 4.79 Å². The Morgan fingerprint density at radius 1 is 0.704 bits per heavy atom. The van der Waals surface area contributed by atoms with Crippen LogP contribution in [0.5, 0.6) is 0 Å². The molecule has 150 valence electrons. The second-order valence-corrected chi connectivity index (χ2v) is 5.93. The van der Waals surface area contributed by atoms with E-state index in [-0.39, 0.29) is 0 Å². The molecule has 1 atom stereocenters. The number of hydrogen-bond donors (Lipinski definition) is 1. The van der Waals surface area contributed by atoms with Crippen LogP contribution in [0.15, 0.2) is 72.9 Å². The summed E-state index contributed by atoms with van der Waals surface area (Å²) in [4.78, 5) is 10.9. The van der Waals surface area contributed by atoms with Gasteiger partial charge in [-0.05, 0) is 45.4 Å². The molecule has 0 heterocycles. The zero-order valence-corrected chi connectivity index (χ0v) is 16.9. The number of carbonyl (C=O) groups is 1. The van der Waals surface area contributed by atoms with Crippen LogP contribution in [0.4, 0.5) is 0 Å². The molecule has 0 aromatic rings. The summed E-state index contributed by atoms with van der Waals surface area (Å²) in [6.45, 7) is 4.36. The molecule has 27 heavy (non-hydrogen) atoms. The SMILES string of the molecule is CC/C=C\C/C=C\C/C=C\C/C=C\C/C=C\C/C=C\CC(OCC)C(=O)O. The number of carboxylic acid groups (broad SMARTS) is 1. The van der Waals surface area contributed by atoms with E-state index in [9.17, 15) is 4.79 Å². The summed E-state index contributed by atoms with van der Waals surface area (Å²) in [5.74, 6) is -0.906.